The van der Waals surface area contributed by atoms with Gasteiger partial charge in [0.1, 0.15) is 0 Å². The van der Waals surface area contributed by atoms with Crippen molar-refractivity contribution < 1.29 is 0 Å². The topological polar surface area (TPSA) is 66.0 Å². The number of anilines is 3. The average molecular weight is 290 g/mol. The Morgan fingerprint density at radius 3 is 2.43 bits per heavy atom. The maximum Gasteiger partial charge on any atom is 0.231 e. The quantitative estimate of drug-likeness (QED) is 0.839. The fourth-order valence-corrected chi connectivity index (χ4v) is 2.55. The zero-order valence-electron chi connectivity index (χ0n) is 13.2. The molecule has 0 unspecified atom stereocenters. The zero-order chi connectivity index (χ0) is 14.7. The van der Waals surface area contributed by atoms with Gasteiger partial charge in [-0.05, 0) is 45.4 Å². The normalized spacial score (nSPS) is 20.2. The van der Waals surface area contributed by atoms with Crippen LogP contribution in [-0.2, 0) is 0 Å². The molecule has 2 fully saturated rings. The Morgan fingerprint density at radius 1 is 1.05 bits per heavy atom. The molecule has 1 aromatic heterocycles. The van der Waals surface area contributed by atoms with Crippen molar-refractivity contribution in [2.45, 2.75) is 57.9 Å². The summed E-state index contributed by atoms with van der Waals surface area (Å²) in [4.78, 5) is 16.0. The van der Waals surface area contributed by atoms with Crippen LogP contribution in [0.1, 0.15) is 52.4 Å². The Kier molecular flexibility index (Phi) is 4.12. The largest absolute Gasteiger partial charge is 0.354 e. The van der Waals surface area contributed by atoms with E-state index < -0.39 is 0 Å². The summed E-state index contributed by atoms with van der Waals surface area (Å²) in [5.41, 5.74) is 0.183. The lowest BCUT2D eigenvalue weighted by Crippen LogP contribution is -2.32. The first-order valence-corrected chi connectivity index (χ1v) is 8.22. The van der Waals surface area contributed by atoms with Gasteiger partial charge in [0, 0.05) is 25.2 Å². The highest BCUT2D eigenvalue weighted by atomic mass is 15.3. The molecule has 1 aliphatic carbocycles. The summed E-state index contributed by atoms with van der Waals surface area (Å²) in [6.45, 7) is 7.35. The minimum absolute atomic E-state index is 0.183. The Morgan fingerprint density at radius 2 is 1.76 bits per heavy atom. The summed E-state index contributed by atoms with van der Waals surface area (Å²) < 4.78 is 0. The number of aromatic nitrogens is 3. The highest BCUT2D eigenvalue weighted by Gasteiger charge is 2.38. The number of rotatable bonds is 6. The van der Waals surface area contributed by atoms with E-state index in [0.29, 0.717) is 11.9 Å². The summed E-state index contributed by atoms with van der Waals surface area (Å²) in [6, 6.07) is 0. The highest BCUT2D eigenvalue weighted by Crippen LogP contribution is 2.37. The molecule has 3 rings (SSSR count). The molecule has 0 amide bonds. The SMILES string of the molecule is CCCNc1nc(NC2(C)CC2)nc(N2CCCCC2)n1. The second kappa shape index (κ2) is 6.03. The van der Waals surface area contributed by atoms with Gasteiger partial charge in [0.25, 0.3) is 0 Å². The van der Waals surface area contributed by atoms with Crippen LogP contribution in [-0.4, -0.2) is 40.1 Å². The van der Waals surface area contributed by atoms with E-state index in [1.807, 2.05) is 0 Å². The van der Waals surface area contributed by atoms with Gasteiger partial charge in [0.05, 0.1) is 0 Å². The maximum absolute atomic E-state index is 4.64. The van der Waals surface area contributed by atoms with Crippen LogP contribution in [0.25, 0.3) is 0 Å². The molecule has 1 saturated carbocycles. The molecule has 2 N–H and O–H groups in total. The monoisotopic (exact) mass is 290 g/mol. The first kappa shape index (κ1) is 14.4. The van der Waals surface area contributed by atoms with E-state index in [4.69, 9.17) is 0 Å². The summed E-state index contributed by atoms with van der Waals surface area (Å²) in [5, 5.41) is 6.75. The van der Waals surface area contributed by atoms with Crippen LogP contribution in [0.4, 0.5) is 17.8 Å². The lowest BCUT2D eigenvalue weighted by Gasteiger charge is -2.27. The zero-order valence-corrected chi connectivity index (χ0v) is 13.2. The maximum atomic E-state index is 4.64. The highest BCUT2D eigenvalue weighted by molar-refractivity contribution is 5.46. The van der Waals surface area contributed by atoms with E-state index in [9.17, 15) is 0 Å². The van der Waals surface area contributed by atoms with Crippen LogP contribution in [0.2, 0.25) is 0 Å². The molecular weight excluding hydrogens is 264 g/mol. The number of piperidine rings is 1. The number of nitrogens with zero attached hydrogens (tertiary/aromatic N) is 4. The van der Waals surface area contributed by atoms with E-state index in [-0.39, 0.29) is 5.54 Å². The van der Waals surface area contributed by atoms with E-state index in [0.717, 1.165) is 32.0 Å². The second-order valence-electron chi connectivity index (χ2n) is 6.44. The van der Waals surface area contributed by atoms with Crippen LogP contribution < -0.4 is 15.5 Å². The molecule has 0 aromatic carbocycles. The molecule has 0 spiro atoms. The van der Waals surface area contributed by atoms with Crippen LogP contribution in [0.3, 0.4) is 0 Å². The van der Waals surface area contributed by atoms with Gasteiger partial charge in [-0.1, -0.05) is 6.92 Å². The Hall–Kier alpha value is -1.59. The Labute approximate surface area is 126 Å². The van der Waals surface area contributed by atoms with Crippen molar-refractivity contribution >= 4 is 17.8 Å². The van der Waals surface area contributed by atoms with E-state index in [1.54, 1.807) is 0 Å². The van der Waals surface area contributed by atoms with Crippen LogP contribution in [0.5, 0.6) is 0 Å². The Bertz CT molecular complexity index is 479. The first-order valence-electron chi connectivity index (χ1n) is 8.22. The molecule has 6 heteroatoms. The summed E-state index contributed by atoms with van der Waals surface area (Å²) >= 11 is 0. The van der Waals surface area contributed by atoms with Crippen molar-refractivity contribution in [2.75, 3.05) is 35.2 Å². The van der Waals surface area contributed by atoms with Gasteiger partial charge in [-0.2, -0.15) is 15.0 Å². The van der Waals surface area contributed by atoms with E-state index >= 15 is 0 Å². The molecule has 1 aromatic rings. The van der Waals surface area contributed by atoms with Crippen molar-refractivity contribution in [3.8, 4) is 0 Å². The van der Waals surface area contributed by atoms with Crippen molar-refractivity contribution in [3.05, 3.63) is 0 Å². The van der Waals surface area contributed by atoms with Gasteiger partial charge in [-0.3, -0.25) is 0 Å². The van der Waals surface area contributed by atoms with Crippen LogP contribution >= 0.6 is 0 Å². The van der Waals surface area contributed by atoms with E-state index in [2.05, 4.69) is 44.3 Å². The molecule has 1 saturated heterocycles. The lowest BCUT2D eigenvalue weighted by atomic mass is 10.1. The predicted octanol–water partition coefficient (Wildman–Crippen LogP) is 2.65. The van der Waals surface area contributed by atoms with Crippen LogP contribution in [0, 0.1) is 0 Å². The fraction of sp³-hybridized carbons (Fsp3) is 0.800. The molecular formula is C15H26N6. The third-order valence-corrected chi connectivity index (χ3v) is 4.21. The molecule has 116 valence electrons. The van der Waals surface area contributed by atoms with E-state index in [1.165, 1.54) is 32.1 Å². The standard InChI is InChI=1S/C15H26N6/c1-3-9-16-12-17-13(20-15(2)7-8-15)19-14(18-12)21-10-5-4-6-11-21/h3-11H2,1-2H3,(H2,16,17,18,19,20). The molecule has 21 heavy (non-hydrogen) atoms. The molecule has 2 heterocycles. The summed E-state index contributed by atoms with van der Waals surface area (Å²) in [5.74, 6) is 2.22. The molecule has 0 bridgehead atoms. The molecule has 0 radical (unpaired) electrons. The lowest BCUT2D eigenvalue weighted by molar-refractivity contribution is 0.567. The molecule has 0 atom stereocenters. The average Bonchev–Trinajstić information content (AvgIpc) is 3.23. The van der Waals surface area contributed by atoms with Crippen molar-refractivity contribution in [2.24, 2.45) is 0 Å². The minimum Gasteiger partial charge on any atom is -0.354 e. The number of hydrogen-bond acceptors (Lipinski definition) is 6. The van der Waals surface area contributed by atoms with Gasteiger partial charge in [-0.25, -0.2) is 0 Å². The molecule has 1 aliphatic heterocycles. The summed E-state index contributed by atoms with van der Waals surface area (Å²) in [6.07, 6.45) is 7.20. The predicted molar refractivity (Wildman–Crippen MR) is 85.9 cm³/mol. The third-order valence-electron chi connectivity index (χ3n) is 4.21. The summed E-state index contributed by atoms with van der Waals surface area (Å²) in [7, 11) is 0. The van der Waals surface area contributed by atoms with Crippen LogP contribution in [0.15, 0.2) is 0 Å². The fourth-order valence-electron chi connectivity index (χ4n) is 2.55. The number of hydrogen-bond donors (Lipinski definition) is 2. The van der Waals surface area contributed by atoms with Gasteiger partial charge in [-0.15, -0.1) is 0 Å². The second-order valence-corrected chi connectivity index (χ2v) is 6.44. The van der Waals surface area contributed by atoms with Crippen molar-refractivity contribution in [1.29, 1.82) is 0 Å². The smallest absolute Gasteiger partial charge is 0.231 e. The third kappa shape index (κ3) is 3.74. The molecule has 2 aliphatic rings. The molecule has 6 nitrogen and oxygen atoms in total. The van der Waals surface area contributed by atoms with Gasteiger partial charge in [0.2, 0.25) is 17.8 Å². The Balaban J connectivity index is 1.80. The van der Waals surface area contributed by atoms with Gasteiger partial charge < -0.3 is 15.5 Å². The van der Waals surface area contributed by atoms with Gasteiger partial charge in [0.15, 0.2) is 0 Å². The van der Waals surface area contributed by atoms with Gasteiger partial charge >= 0.3 is 0 Å². The van der Waals surface area contributed by atoms with Crippen molar-refractivity contribution in [1.82, 2.24) is 15.0 Å². The first-order chi connectivity index (χ1) is 10.2. The van der Waals surface area contributed by atoms with Crippen molar-refractivity contribution in [3.63, 3.8) is 0 Å². The number of nitrogens with one attached hydrogen (secondary N) is 2. The minimum atomic E-state index is 0.183.